The van der Waals surface area contributed by atoms with Gasteiger partial charge in [0.15, 0.2) is 0 Å². The highest BCUT2D eigenvalue weighted by Crippen LogP contribution is 2.55. The van der Waals surface area contributed by atoms with E-state index in [1.165, 1.54) is 24.0 Å². The van der Waals surface area contributed by atoms with Crippen LogP contribution in [0.1, 0.15) is 24.0 Å². The summed E-state index contributed by atoms with van der Waals surface area (Å²) in [6.07, 6.45) is 3.55. The van der Waals surface area contributed by atoms with Gasteiger partial charge in [-0.2, -0.15) is 0 Å². The third kappa shape index (κ3) is 0.918. The van der Waals surface area contributed by atoms with E-state index in [-0.39, 0.29) is 0 Å². The van der Waals surface area contributed by atoms with Crippen LogP contribution in [0.25, 0.3) is 0 Å². The topological polar surface area (TPSA) is 26.0 Å². The van der Waals surface area contributed by atoms with Crippen LogP contribution in [0.5, 0.6) is 0 Å². The summed E-state index contributed by atoms with van der Waals surface area (Å²) in [7, 11) is 0. The molecule has 0 heterocycles. The zero-order valence-corrected chi connectivity index (χ0v) is 8.14. The van der Waals surface area contributed by atoms with E-state index in [4.69, 9.17) is 17.3 Å². The van der Waals surface area contributed by atoms with E-state index < -0.39 is 0 Å². The minimum atomic E-state index is 0.347. The Morgan fingerprint density at radius 1 is 1.46 bits per heavy atom. The molecule has 3 rings (SSSR count). The van der Waals surface area contributed by atoms with E-state index in [1.807, 2.05) is 6.07 Å². The van der Waals surface area contributed by atoms with Gasteiger partial charge >= 0.3 is 0 Å². The van der Waals surface area contributed by atoms with Crippen molar-refractivity contribution >= 4 is 11.6 Å². The predicted octanol–water partition coefficient (Wildman–Crippen LogP) is 2.25. The molecule has 0 aromatic heterocycles. The van der Waals surface area contributed by atoms with Crippen LogP contribution >= 0.6 is 11.6 Å². The fraction of sp³-hybridized carbons (Fsp3) is 0.455. The molecule has 0 aliphatic heterocycles. The quantitative estimate of drug-likeness (QED) is 0.672. The zero-order valence-electron chi connectivity index (χ0n) is 7.39. The Morgan fingerprint density at radius 2 is 2.23 bits per heavy atom. The molecule has 2 atom stereocenters. The summed E-state index contributed by atoms with van der Waals surface area (Å²) in [4.78, 5) is 0. The van der Waals surface area contributed by atoms with Crippen molar-refractivity contribution in [1.29, 1.82) is 0 Å². The van der Waals surface area contributed by atoms with E-state index >= 15 is 0 Å². The highest BCUT2D eigenvalue weighted by molar-refractivity contribution is 6.30. The molecule has 1 nitrogen and oxygen atoms in total. The minimum Gasteiger partial charge on any atom is -0.327 e. The second kappa shape index (κ2) is 2.28. The molecular formula is C11H12ClN. The third-order valence-corrected chi connectivity index (χ3v) is 3.81. The third-order valence-electron chi connectivity index (χ3n) is 3.58. The van der Waals surface area contributed by atoms with Gasteiger partial charge in [0.25, 0.3) is 0 Å². The van der Waals surface area contributed by atoms with Gasteiger partial charge in [-0.3, -0.25) is 0 Å². The van der Waals surface area contributed by atoms with Crippen LogP contribution in [0.2, 0.25) is 5.02 Å². The maximum atomic E-state index is 5.98. The van der Waals surface area contributed by atoms with Crippen molar-refractivity contribution in [2.75, 3.05) is 0 Å². The number of hydrogen-bond acceptors (Lipinski definition) is 1. The summed E-state index contributed by atoms with van der Waals surface area (Å²) in [5.74, 6) is 0. The van der Waals surface area contributed by atoms with Crippen molar-refractivity contribution in [3.05, 3.63) is 34.3 Å². The average molecular weight is 194 g/mol. The number of aryl methyl sites for hydroxylation is 1. The van der Waals surface area contributed by atoms with Crippen LogP contribution in [0.4, 0.5) is 0 Å². The summed E-state index contributed by atoms with van der Waals surface area (Å²) in [6, 6.07) is 6.64. The fourth-order valence-electron chi connectivity index (χ4n) is 2.68. The van der Waals surface area contributed by atoms with Crippen molar-refractivity contribution in [3.8, 4) is 0 Å². The molecule has 2 heteroatoms. The first kappa shape index (κ1) is 7.84. The maximum Gasteiger partial charge on any atom is 0.0408 e. The number of benzene rings is 1. The summed E-state index contributed by atoms with van der Waals surface area (Å²) in [5.41, 5.74) is 9.21. The first-order valence-corrected chi connectivity index (χ1v) is 5.15. The number of rotatable bonds is 0. The Bertz CT molecular complexity index is 374. The van der Waals surface area contributed by atoms with E-state index in [0.717, 1.165) is 11.4 Å². The highest BCUT2D eigenvalue weighted by atomic mass is 35.5. The lowest BCUT2D eigenvalue weighted by Crippen LogP contribution is -2.14. The standard InChI is InChI=1S/C11H12ClN/c12-8-1-2-9-7(5-8)3-4-11(9)6-10(11)13/h1-2,5,10H,3-4,6,13H2. The predicted molar refractivity (Wildman–Crippen MR) is 54.0 cm³/mol. The lowest BCUT2D eigenvalue weighted by atomic mass is 9.98. The minimum absolute atomic E-state index is 0.347. The van der Waals surface area contributed by atoms with Crippen LogP contribution in [-0.4, -0.2) is 6.04 Å². The molecule has 2 aliphatic carbocycles. The van der Waals surface area contributed by atoms with Crippen molar-refractivity contribution in [2.24, 2.45) is 5.73 Å². The number of hydrogen-bond donors (Lipinski definition) is 1. The van der Waals surface area contributed by atoms with Gasteiger partial charge < -0.3 is 5.73 Å². The first-order chi connectivity index (χ1) is 6.22. The monoisotopic (exact) mass is 193 g/mol. The van der Waals surface area contributed by atoms with Crippen molar-refractivity contribution < 1.29 is 0 Å². The number of halogens is 1. The summed E-state index contributed by atoms with van der Waals surface area (Å²) < 4.78 is 0. The van der Waals surface area contributed by atoms with Crippen molar-refractivity contribution in [2.45, 2.75) is 30.7 Å². The van der Waals surface area contributed by atoms with Crippen LogP contribution in [-0.2, 0) is 11.8 Å². The molecule has 13 heavy (non-hydrogen) atoms. The van der Waals surface area contributed by atoms with E-state index in [1.54, 1.807) is 0 Å². The van der Waals surface area contributed by atoms with Gasteiger partial charge in [-0.05, 0) is 42.5 Å². The molecular weight excluding hydrogens is 182 g/mol. The smallest absolute Gasteiger partial charge is 0.0408 e. The van der Waals surface area contributed by atoms with Crippen LogP contribution in [0.15, 0.2) is 18.2 Å². The van der Waals surface area contributed by atoms with Gasteiger partial charge in [-0.15, -0.1) is 0 Å². The lowest BCUT2D eigenvalue weighted by molar-refractivity contribution is 0.651. The molecule has 1 saturated carbocycles. The van der Waals surface area contributed by atoms with E-state index in [0.29, 0.717) is 11.5 Å². The highest BCUT2D eigenvalue weighted by Gasteiger charge is 2.55. The number of nitrogens with two attached hydrogens (primary N) is 1. The molecule has 0 amide bonds. The van der Waals surface area contributed by atoms with Crippen LogP contribution in [0, 0.1) is 0 Å². The Hall–Kier alpha value is -0.530. The molecule has 2 aliphatic rings. The largest absolute Gasteiger partial charge is 0.327 e. The van der Waals surface area contributed by atoms with Gasteiger partial charge in [-0.1, -0.05) is 17.7 Å². The Balaban J connectivity index is 2.13. The van der Waals surface area contributed by atoms with Gasteiger partial charge in [0.1, 0.15) is 0 Å². The summed E-state index contributed by atoms with van der Waals surface area (Å²) >= 11 is 5.94. The normalized spacial score (nSPS) is 35.1. The van der Waals surface area contributed by atoms with E-state index in [9.17, 15) is 0 Å². The maximum absolute atomic E-state index is 5.98. The average Bonchev–Trinajstić information content (AvgIpc) is 2.59. The Labute approximate surface area is 82.9 Å². The Kier molecular flexibility index (Phi) is 1.38. The van der Waals surface area contributed by atoms with E-state index in [2.05, 4.69) is 12.1 Å². The second-order valence-electron chi connectivity index (χ2n) is 4.27. The Morgan fingerprint density at radius 3 is 2.92 bits per heavy atom. The summed E-state index contributed by atoms with van der Waals surface area (Å²) in [5, 5.41) is 0.852. The molecule has 1 aromatic rings. The van der Waals surface area contributed by atoms with Crippen molar-refractivity contribution in [3.63, 3.8) is 0 Å². The molecule has 2 unspecified atom stereocenters. The van der Waals surface area contributed by atoms with Gasteiger partial charge in [0, 0.05) is 16.5 Å². The molecule has 1 spiro atoms. The lowest BCUT2D eigenvalue weighted by Gasteiger charge is -2.08. The van der Waals surface area contributed by atoms with Gasteiger partial charge in [0.2, 0.25) is 0 Å². The SMILES string of the molecule is NC1CC12CCc1cc(Cl)ccc12. The molecule has 68 valence electrons. The zero-order chi connectivity index (χ0) is 9.05. The molecule has 1 aromatic carbocycles. The number of fused-ring (bicyclic) bond motifs is 2. The molecule has 0 saturated heterocycles. The second-order valence-corrected chi connectivity index (χ2v) is 4.70. The van der Waals surface area contributed by atoms with Crippen LogP contribution in [0.3, 0.4) is 0 Å². The molecule has 0 bridgehead atoms. The van der Waals surface area contributed by atoms with Gasteiger partial charge in [0.05, 0.1) is 0 Å². The molecule has 0 radical (unpaired) electrons. The van der Waals surface area contributed by atoms with Crippen LogP contribution < -0.4 is 5.73 Å². The van der Waals surface area contributed by atoms with Gasteiger partial charge in [-0.25, -0.2) is 0 Å². The molecule has 1 fully saturated rings. The first-order valence-electron chi connectivity index (χ1n) is 4.77. The summed E-state index contributed by atoms with van der Waals surface area (Å²) in [6.45, 7) is 0. The fourth-order valence-corrected chi connectivity index (χ4v) is 2.87. The van der Waals surface area contributed by atoms with Crippen molar-refractivity contribution in [1.82, 2.24) is 0 Å². The molecule has 2 N–H and O–H groups in total.